The summed E-state index contributed by atoms with van der Waals surface area (Å²) in [5, 5.41) is 12.3. The van der Waals surface area contributed by atoms with Crippen LogP contribution in [0.5, 0.6) is 0 Å². The van der Waals surface area contributed by atoms with E-state index in [2.05, 4.69) is 28.5 Å². The van der Waals surface area contributed by atoms with Crippen molar-refractivity contribution < 1.29 is 0 Å². The van der Waals surface area contributed by atoms with Gasteiger partial charge in [-0.3, -0.25) is 0 Å². The van der Waals surface area contributed by atoms with E-state index in [1.807, 2.05) is 23.7 Å². The van der Waals surface area contributed by atoms with Crippen LogP contribution in [0.1, 0.15) is 44.6 Å². The first-order valence-electron chi connectivity index (χ1n) is 7.69. The van der Waals surface area contributed by atoms with Crippen LogP contribution in [0.25, 0.3) is 11.4 Å². The minimum atomic E-state index is 0.303. The standard InChI is InChI=1S/C16H23N5/c1-12-8-13(10-14(17)9-12)15-18-19-20-21(15)11-16(2)6-4-3-5-7-16/h8-10H,3-7,11,17H2,1-2H3. The van der Waals surface area contributed by atoms with Crippen molar-refractivity contribution >= 4 is 5.69 Å². The van der Waals surface area contributed by atoms with Gasteiger partial charge in [-0.1, -0.05) is 26.2 Å². The Kier molecular flexibility index (Phi) is 3.66. The van der Waals surface area contributed by atoms with Gasteiger partial charge < -0.3 is 5.73 Å². The van der Waals surface area contributed by atoms with Crippen LogP contribution < -0.4 is 5.73 Å². The molecule has 2 N–H and O–H groups in total. The second-order valence-corrected chi connectivity index (χ2v) is 6.66. The van der Waals surface area contributed by atoms with Gasteiger partial charge >= 0.3 is 0 Å². The summed E-state index contributed by atoms with van der Waals surface area (Å²) < 4.78 is 1.94. The molecule has 0 aliphatic heterocycles. The Balaban J connectivity index is 1.90. The highest BCUT2D eigenvalue weighted by Gasteiger charge is 2.29. The summed E-state index contributed by atoms with van der Waals surface area (Å²) in [6.07, 6.45) is 6.48. The molecular weight excluding hydrogens is 262 g/mol. The Morgan fingerprint density at radius 2 is 1.95 bits per heavy atom. The highest BCUT2D eigenvalue weighted by atomic mass is 15.5. The molecule has 1 heterocycles. The van der Waals surface area contributed by atoms with Gasteiger partial charge in [0.25, 0.3) is 0 Å². The molecule has 3 rings (SSSR count). The molecule has 0 bridgehead atoms. The molecular formula is C16H23N5. The van der Waals surface area contributed by atoms with E-state index in [0.29, 0.717) is 5.41 Å². The number of anilines is 1. The Morgan fingerprint density at radius 3 is 2.67 bits per heavy atom. The van der Waals surface area contributed by atoms with Crippen molar-refractivity contribution in [2.24, 2.45) is 5.41 Å². The van der Waals surface area contributed by atoms with Crippen LogP contribution in [0.15, 0.2) is 18.2 Å². The second-order valence-electron chi connectivity index (χ2n) is 6.66. The van der Waals surface area contributed by atoms with Crippen LogP contribution >= 0.6 is 0 Å². The number of nitrogens with zero attached hydrogens (tertiary/aromatic N) is 4. The number of aryl methyl sites for hydroxylation is 1. The van der Waals surface area contributed by atoms with Gasteiger partial charge in [-0.15, -0.1) is 5.10 Å². The zero-order valence-electron chi connectivity index (χ0n) is 12.8. The summed E-state index contributed by atoms with van der Waals surface area (Å²) in [6, 6.07) is 5.99. The summed E-state index contributed by atoms with van der Waals surface area (Å²) in [7, 11) is 0. The molecule has 1 aliphatic carbocycles. The number of nitrogen functional groups attached to an aromatic ring is 1. The predicted octanol–water partition coefficient (Wildman–Crippen LogP) is 3.20. The van der Waals surface area contributed by atoms with Gasteiger partial charge in [0.1, 0.15) is 0 Å². The van der Waals surface area contributed by atoms with E-state index in [0.717, 1.165) is 29.2 Å². The quantitative estimate of drug-likeness (QED) is 0.879. The number of rotatable bonds is 3. The van der Waals surface area contributed by atoms with E-state index in [-0.39, 0.29) is 0 Å². The van der Waals surface area contributed by atoms with Crippen molar-refractivity contribution in [3.05, 3.63) is 23.8 Å². The fourth-order valence-corrected chi connectivity index (χ4v) is 3.38. The Bertz CT molecular complexity index is 605. The zero-order chi connectivity index (χ0) is 14.9. The van der Waals surface area contributed by atoms with Crippen molar-refractivity contribution in [3.63, 3.8) is 0 Å². The van der Waals surface area contributed by atoms with Crippen LogP contribution in [0, 0.1) is 12.3 Å². The molecule has 1 aromatic carbocycles. The van der Waals surface area contributed by atoms with Crippen LogP contribution in [0.4, 0.5) is 5.69 Å². The van der Waals surface area contributed by atoms with E-state index in [1.165, 1.54) is 32.1 Å². The number of hydrogen-bond acceptors (Lipinski definition) is 4. The van der Waals surface area contributed by atoms with Crippen molar-refractivity contribution in [2.75, 3.05) is 5.73 Å². The minimum absolute atomic E-state index is 0.303. The SMILES string of the molecule is Cc1cc(N)cc(-c2nnnn2CC2(C)CCCCC2)c1. The molecule has 21 heavy (non-hydrogen) atoms. The Hall–Kier alpha value is -1.91. The van der Waals surface area contributed by atoms with Crippen molar-refractivity contribution in [1.29, 1.82) is 0 Å². The largest absolute Gasteiger partial charge is 0.399 e. The monoisotopic (exact) mass is 285 g/mol. The highest BCUT2D eigenvalue weighted by Crippen LogP contribution is 2.37. The van der Waals surface area contributed by atoms with Gasteiger partial charge in [0.15, 0.2) is 5.82 Å². The number of nitrogens with two attached hydrogens (primary N) is 1. The van der Waals surface area contributed by atoms with Crippen LogP contribution in [0.2, 0.25) is 0 Å². The van der Waals surface area contributed by atoms with Gasteiger partial charge in [0, 0.05) is 11.3 Å². The van der Waals surface area contributed by atoms with Crippen LogP contribution in [-0.4, -0.2) is 20.2 Å². The Labute approximate surface area is 125 Å². The molecule has 5 nitrogen and oxygen atoms in total. The molecule has 0 unspecified atom stereocenters. The maximum absolute atomic E-state index is 5.95. The predicted molar refractivity (Wildman–Crippen MR) is 83.6 cm³/mol. The van der Waals surface area contributed by atoms with Crippen molar-refractivity contribution in [3.8, 4) is 11.4 Å². The summed E-state index contributed by atoms with van der Waals surface area (Å²) >= 11 is 0. The Morgan fingerprint density at radius 1 is 1.19 bits per heavy atom. The summed E-state index contributed by atoms with van der Waals surface area (Å²) in [6.45, 7) is 5.27. The first-order chi connectivity index (χ1) is 10.1. The molecule has 0 atom stereocenters. The van der Waals surface area contributed by atoms with E-state index < -0.39 is 0 Å². The maximum atomic E-state index is 5.95. The van der Waals surface area contributed by atoms with E-state index >= 15 is 0 Å². The summed E-state index contributed by atoms with van der Waals surface area (Å²) in [5.74, 6) is 0.817. The average molecular weight is 285 g/mol. The van der Waals surface area contributed by atoms with Crippen molar-refractivity contribution in [1.82, 2.24) is 20.2 Å². The molecule has 0 amide bonds. The number of tetrazole rings is 1. The fraction of sp³-hybridized carbons (Fsp3) is 0.562. The summed E-state index contributed by atoms with van der Waals surface area (Å²) in [5.41, 5.74) is 9.13. The lowest BCUT2D eigenvalue weighted by molar-refractivity contribution is 0.175. The van der Waals surface area contributed by atoms with Gasteiger partial charge in [-0.2, -0.15) is 0 Å². The van der Waals surface area contributed by atoms with Gasteiger partial charge in [0.2, 0.25) is 0 Å². The molecule has 0 spiro atoms. The summed E-state index contributed by atoms with van der Waals surface area (Å²) in [4.78, 5) is 0. The molecule has 112 valence electrons. The molecule has 0 radical (unpaired) electrons. The lowest BCUT2D eigenvalue weighted by Crippen LogP contribution is -2.27. The van der Waals surface area contributed by atoms with Crippen LogP contribution in [0.3, 0.4) is 0 Å². The molecule has 0 saturated heterocycles. The van der Waals surface area contributed by atoms with Crippen LogP contribution in [-0.2, 0) is 6.54 Å². The molecule has 1 saturated carbocycles. The van der Waals surface area contributed by atoms with E-state index in [9.17, 15) is 0 Å². The molecule has 2 aromatic rings. The third-order valence-corrected chi connectivity index (χ3v) is 4.48. The van der Waals surface area contributed by atoms with E-state index in [4.69, 9.17) is 5.73 Å². The van der Waals surface area contributed by atoms with Gasteiger partial charge in [0.05, 0.1) is 6.54 Å². The molecule has 5 heteroatoms. The molecule has 1 fully saturated rings. The molecule has 1 aromatic heterocycles. The van der Waals surface area contributed by atoms with Gasteiger partial charge in [-0.05, 0) is 59.4 Å². The minimum Gasteiger partial charge on any atom is -0.399 e. The van der Waals surface area contributed by atoms with Gasteiger partial charge in [-0.25, -0.2) is 4.68 Å². The second kappa shape index (κ2) is 5.47. The third-order valence-electron chi connectivity index (χ3n) is 4.48. The lowest BCUT2D eigenvalue weighted by atomic mass is 9.76. The first-order valence-corrected chi connectivity index (χ1v) is 7.69. The maximum Gasteiger partial charge on any atom is 0.182 e. The molecule has 1 aliphatic rings. The zero-order valence-corrected chi connectivity index (χ0v) is 12.8. The highest BCUT2D eigenvalue weighted by molar-refractivity contribution is 5.62. The first kappa shape index (κ1) is 14.0. The average Bonchev–Trinajstić information content (AvgIpc) is 2.85. The third kappa shape index (κ3) is 3.06. The number of hydrogen-bond donors (Lipinski definition) is 1. The normalized spacial score (nSPS) is 17.8. The fourth-order valence-electron chi connectivity index (χ4n) is 3.38. The van der Waals surface area contributed by atoms with Crippen molar-refractivity contribution in [2.45, 2.75) is 52.5 Å². The number of aromatic nitrogens is 4. The smallest absolute Gasteiger partial charge is 0.182 e. The lowest BCUT2D eigenvalue weighted by Gasteiger charge is -2.33. The number of benzene rings is 1. The topological polar surface area (TPSA) is 69.6 Å². The van der Waals surface area contributed by atoms with E-state index in [1.54, 1.807) is 0 Å².